The highest BCUT2D eigenvalue weighted by Gasteiger charge is 2.22. The topological polar surface area (TPSA) is 70.2 Å². The number of rotatable bonds is 7. The Bertz CT molecular complexity index is 1230. The first-order valence-electron chi connectivity index (χ1n) is 10.6. The van der Waals surface area contributed by atoms with Crippen molar-refractivity contribution in [3.05, 3.63) is 118 Å². The van der Waals surface area contributed by atoms with Crippen LogP contribution >= 0.6 is 34.4 Å². The Hall–Kier alpha value is -3.30. The quantitative estimate of drug-likeness (QED) is 0.158. The molecular formula is C27H22IN3O2S. The molecule has 3 N–H and O–H groups in total. The van der Waals surface area contributed by atoms with Crippen molar-refractivity contribution in [2.75, 3.05) is 16.0 Å². The maximum atomic E-state index is 13.2. The Morgan fingerprint density at radius 1 is 0.618 bits per heavy atom. The van der Waals surface area contributed by atoms with E-state index in [0.29, 0.717) is 5.69 Å². The Kier molecular flexibility index (Phi) is 8.21. The van der Waals surface area contributed by atoms with Gasteiger partial charge in [-0.25, -0.2) is 4.79 Å². The molecule has 0 spiro atoms. The number of halogens is 1. The molecule has 5 nitrogen and oxygen atoms in total. The van der Waals surface area contributed by atoms with E-state index in [1.807, 2.05) is 109 Å². The lowest BCUT2D eigenvalue weighted by atomic mass is 10.1. The van der Waals surface area contributed by atoms with Crippen molar-refractivity contribution in [2.24, 2.45) is 0 Å². The minimum absolute atomic E-state index is 0.0955. The number of amides is 3. The molecule has 4 rings (SSSR count). The normalized spacial score (nSPS) is 11.3. The summed E-state index contributed by atoms with van der Waals surface area (Å²) in [7, 11) is 0. The molecule has 0 aliphatic carbocycles. The third kappa shape index (κ3) is 6.85. The van der Waals surface area contributed by atoms with Crippen LogP contribution in [0.1, 0.15) is 10.8 Å². The monoisotopic (exact) mass is 579 g/mol. The molecule has 4 aromatic carbocycles. The van der Waals surface area contributed by atoms with Crippen molar-refractivity contribution < 1.29 is 9.59 Å². The fourth-order valence-corrected chi connectivity index (χ4v) is 4.59. The van der Waals surface area contributed by atoms with Crippen LogP contribution in [-0.4, -0.2) is 11.9 Å². The molecule has 0 saturated carbocycles. The van der Waals surface area contributed by atoms with Gasteiger partial charge in [-0.2, -0.15) is 0 Å². The molecule has 0 radical (unpaired) electrons. The maximum Gasteiger partial charge on any atom is 0.323 e. The van der Waals surface area contributed by atoms with Crippen LogP contribution < -0.4 is 16.0 Å². The molecule has 7 heteroatoms. The van der Waals surface area contributed by atoms with Crippen LogP contribution in [0.5, 0.6) is 0 Å². The number of urea groups is 1. The SMILES string of the molecule is O=C(Nc1ccccc1)Nc1ccc(SC(C(=O)Nc2ccc(I)cc2)c2ccccc2)cc1. The van der Waals surface area contributed by atoms with Gasteiger partial charge in [0.15, 0.2) is 0 Å². The van der Waals surface area contributed by atoms with E-state index in [1.54, 1.807) is 0 Å². The second kappa shape index (κ2) is 11.7. The zero-order chi connectivity index (χ0) is 23.8. The molecule has 0 bridgehead atoms. The largest absolute Gasteiger partial charge is 0.325 e. The lowest BCUT2D eigenvalue weighted by Gasteiger charge is -2.17. The van der Waals surface area contributed by atoms with Gasteiger partial charge in [-0.3, -0.25) is 4.79 Å². The lowest BCUT2D eigenvalue weighted by Crippen LogP contribution is -2.19. The summed E-state index contributed by atoms with van der Waals surface area (Å²) in [6.07, 6.45) is 0. The predicted octanol–water partition coefficient (Wildman–Crippen LogP) is 7.41. The number of nitrogens with one attached hydrogen (secondary N) is 3. The van der Waals surface area contributed by atoms with Crippen LogP contribution in [0.4, 0.5) is 21.9 Å². The van der Waals surface area contributed by atoms with Gasteiger partial charge in [0.1, 0.15) is 5.25 Å². The van der Waals surface area contributed by atoms with E-state index in [0.717, 1.165) is 25.4 Å². The van der Waals surface area contributed by atoms with Crippen LogP contribution in [0.3, 0.4) is 0 Å². The summed E-state index contributed by atoms with van der Waals surface area (Å²) in [5, 5.41) is 8.21. The number of hydrogen-bond donors (Lipinski definition) is 3. The highest BCUT2D eigenvalue weighted by molar-refractivity contribution is 14.1. The average molecular weight is 579 g/mol. The average Bonchev–Trinajstić information content (AvgIpc) is 2.86. The number of carbonyl (C=O) groups is 2. The molecule has 0 aromatic heterocycles. The standard InChI is InChI=1S/C27H22IN3O2S/c28-20-11-13-22(14-12-20)29-26(32)25(19-7-3-1-4-8-19)34-24-17-15-23(16-18-24)31-27(33)30-21-9-5-2-6-10-21/h1-18,25H,(H,29,32)(H2,30,31,33). The number of hydrogen-bond acceptors (Lipinski definition) is 3. The highest BCUT2D eigenvalue weighted by Crippen LogP contribution is 2.36. The minimum Gasteiger partial charge on any atom is -0.325 e. The van der Waals surface area contributed by atoms with Crippen LogP contribution in [0, 0.1) is 3.57 Å². The zero-order valence-electron chi connectivity index (χ0n) is 18.1. The van der Waals surface area contributed by atoms with Gasteiger partial charge >= 0.3 is 6.03 Å². The molecule has 0 fully saturated rings. The maximum absolute atomic E-state index is 13.2. The zero-order valence-corrected chi connectivity index (χ0v) is 21.0. The predicted molar refractivity (Wildman–Crippen MR) is 148 cm³/mol. The molecule has 4 aromatic rings. The van der Waals surface area contributed by atoms with Gasteiger partial charge < -0.3 is 16.0 Å². The second-order valence-corrected chi connectivity index (χ2v) is 9.80. The van der Waals surface area contributed by atoms with Crippen molar-refractivity contribution >= 4 is 63.4 Å². The summed E-state index contributed by atoms with van der Waals surface area (Å²) in [5.74, 6) is -0.0955. The molecule has 170 valence electrons. The van der Waals surface area contributed by atoms with Crippen LogP contribution in [0.25, 0.3) is 0 Å². The molecule has 1 unspecified atom stereocenters. The van der Waals surface area contributed by atoms with Crippen molar-refractivity contribution in [1.29, 1.82) is 0 Å². The van der Waals surface area contributed by atoms with Crippen molar-refractivity contribution in [3.63, 3.8) is 0 Å². The Balaban J connectivity index is 1.44. The second-order valence-electron chi connectivity index (χ2n) is 7.37. The Labute approximate surface area is 216 Å². The van der Waals surface area contributed by atoms with E-state index in [-0.39, 0.29) is 11.9 Å². The molecule has 0 heterocycles. The smallest absolute Gasteiger partial charge is 0.323 e. The summed E-state index contributed by atoms with van der Waals surface area (Å²) in [5.41, 5.74) is 3.06. The van der Waals surface area contributed by atoms with Crippen molar-refractivity contribution in [2.45, 2.75) is 10.1 Å². The Morgan fingerprint density at radius 3 is 1.74 bits per heavy atom. The Morgan fingerprint density at radius 2 is 1.12 bits per heavy atom. The van der Waals surface area contributed by atoms with E-state index in [9.17, 15) is 9.59 Å². The number of thioether (sulfide) groups is 1. The van der Waals surface area contributed by atoms with E-state index in [2.05, 4.69) is 38.5 Å². The van der Waals surface area contributed by atoms with Gasteiger partial charge in [-0.1, -0.05) is 48.5 Å². The molecule has 0 aliphatic rings. The summed E-state index contributed by atoms with van der Waals surface area (Å²) >= 11 is 3.70. The third-order valence-electron chi connectivity index (χ3n) is 4.85. The van der Waals surface area contributed by atoms with Gasteiger partial charge in [-0.15, -0.1) is 11.8 Å². The number of para-hydroxylation sites is 1. The van der Waals surface area contributed by atoms with Gasteiger partial charge in [-0.05, 0) is 88.8 Å². The van der Waals surface area contributed by atoms with Crippen molar-refractivity contribution in [3.8, 4) is 0 Å². The molecule has 3 amide bonds. The van der Waals surface area contributed by atoms with Gasteiger partial charge in [0.2, 0.25) is 5.91 Å². The first-order chi connectivity index (χ1) is 16.6. The van der Waals surface area contributed by atoms with Crippen LogP contribution in [0.2, 0.25) is 0 Å². The van der Waals surface area contributed by atoms with Gasteiger partial charge in [0.05, 0.1) is 0 Å². The number of carbonyl (C=O) groups excluding carboxylic acids is 2. The molecule has 1 atom stereocenters. The fourth-order valence-electron chi connectivity index (χ4n) is 3.21. The minimum atomic E-state index is -0.430. The van der Waals surface area contributed by atoms with E-state index >= 15 is 0 Å². The summed E-state index contributed by atoms with van der Waals surface area (Å²) in [6, 6.07) is 33.8. The molecule has 0 saturated heterocycles. The third-order valence-corrected chi connectivity index (χ3v) is 6.84. The summed E-state index contributed by atoms with van der Waals surface area (Å²) < 4.78 is 1.11. The van der Waals surface area contributed by atoms with Gasteiger partial charge in [0.25, 0.3) is 0 Å². The van der Waals surface area contributed by atoms with Crippen LogP contribution in [0.15, 0.2) is 114 Å². The molecular weight excluding hydrogens is 557 g/mol. The fraction of sp³-hybridized carbons (Fsp3) is 0.0370. The molecule has 0 aliphatic heterocycles. The molecule has 34 heavy (non-hydrogen) atoms. The van der Waals surface area contributed by atoms with E-state index < -0.39 is 5.25 Å². The van der Waals surface area contributed by atoms with E-state index in [4.69, 9.17) is 0 Å². The van der Waals surface area contributed by atoms with Crippen molar-refractivity contribution in [1.82, 2.24) is 0 Å². The summed E-state index contributed by atoms with van der Waals surface area (Å²) in [4.78, 5) is 26.3. The van der Waals surface area contributed by atoms with Gasteiger partial charge in [0, 0.05) is 25.5 Å². The summed E-state index contributed by atoms with van der Waals surface area (Å²) in [6.45, 7) is 0. The van der Waals surface area contributed by atoms with E-state index in [1.165, 1.54) is 11.8 Å². The number of anilines is 3. The number of benzene rings is 4. The first-order valence-corrected chi connectivity index (χ1v) is 12.5. The van der Waals surface area contributed by atoms with Crippen LogP contribution in [-0.2, 0) is 4.79 Å². The first kappa shape index (κ1) is 23.8. The lowest BCUT2D eigenvalue weighted by molar-refractivity contribution is -0.115. The highest BCUT2D eigenvalue weighted by atomic mass is 127.